The number of benzene rings is 1. The first-order valence-corrected chi connectivity index (χ1v) is 12.5. The average Bonchev–Trinajstić information content (AvgIpc) is 3.56. The zero-order valence-electron chi connectivity index (χ0n) is 24.6. The van der Waals surface area contributed by atoms with E-state index in [4.69, 9.17) is 14.6 Å². The molecule has 0 radical (unpaired) electrons. The van der Waals surface area contributed by atoms with Gasteiger partial charge in [-0.25, -0.2) is 14.5 Å². The molecule has 0 unspecified atom stereocenters. The molecule has 200 valence electrons. The molecule has 1 aliphatic heterocycles. The van der Waals surface area contributed by atoms with Gasteiger partial charge in [0.1, 0.15) is 28.9 Å². The predicted molar refractivity (Wildman–Crippen MR) is 145 cm³/mol. The summed E-state index contributed by atoms with van der Waals surface area (Å²) in [5.41, 5.74) is 6.30. The number of nitrogens with zero attached hydrogens (tertiary/aromatic N) is 6. The number of aromatic amines is 1. The van der Waals surface area contributed by atoms with Crippen molar-refractivity contribution in [3.63, 3.8) is 0 Å². The number of hydrogen-bond acceptors (Lipinski definition) is 9. The number of anilines is 2. The van der Waals surface area contributed by atoms with Crippen LogP contribution in [0.5, 0.6) is 5.75 Å². The minimum Gasteiger partial charge on any atom is -0.482 e. The number of aryl methyl sites for hydroxylation is 1. The van der Waals surface area contributed by atoms with Crippen LogP contribution in [0.2, 0.25) is 0 Å². The van der Waals surface area contributed by atoms with Gasteiger partial charge in [-0.05, 0) is 32.8 Å². The molecule has 0 amide bonds. The molecule has 3 aromatic heterocycles. The number of fused-ring (bicyclic) bond motifs is 2. The number of rotatable bonds is 5. The van der Waals surface area contributed by atoms with Crippen LogP contribution < -0.4 is 26.2 Å². The summed E-state index contributed by atoms with van der Waals surface area (Å²) in [6.45, 7) is 1.87. The molecule has 2 aliphatic rings. The lowest BCUT2D eigenvalue weighted by atomic mass is 9.95. The van der Waals surface area contributed by atoms with E-state index in [0.29, 0.717) is 29.2 Å². The maximum absolute atomic E-state index is 16.2. The van der Waals surface area contributed by atoms with Crippen molar-refractivity contribution in [2.24, 2.45) is 12.8 Å². The molecule has 12 heteroatoms. The topological polar surface area (TPSA) is 151 Å². The summed E-state index contributed by atoms with van der Waals surface area (Å²) in [6, 6.07) is 5.13. The van der Waals surface area contributed by atoms with E-state index in [0.717, 1.165) is 12.8 Å². The molecular weight excluding hydrogens is 501 g/mol. The second-order valence-electron chi connectivity index (χ2n) is 10.2. The third-order valence-corrected chi connectivity index (χ3v) is 7.45. The van der Waals surface area contributed by atoms with Crippen LogP contribution in [-0.4, -0.2) is 50.1 Å². The molecule has 4 heterocycles. The van der Waals surface area contributed by atoms with Crippen molar-refractivity contribution < 1.29 is 13.2 Å². The SMILES string of the molecule is [2H]C([2H])([2H])Nc1nc(-c2cnn(C)c2-c2c(F)cc3c(c2C#N)OC2(CC2)CN3C(C)C)cc2c(CN)n[nH]c(=O)c12. The summed E-state index contributed by atoms with van der Waals surface area (Å²) < 4.78 is 47.2. The normalized spacial score (nSPS) is 16.8. The highest BCUT2D eigenvalue weighted by molar-refractivity contribution is 5.97. The first kappa shape index (κ1) is 21.4. The quantitative estimate of drug-likeness (QED) is 0.352. The second kappa shape index (κ2) is 8.78. The van der Waals surface area contributed by atoms with Crippen molar-refractivity contribution in [2.75, 3.05) is 23.7 Å². The van der Waals surface area contributed by atoms with Crippen molar-refractivity contribution >= 4 is 22.3 Å². The maximum Gasteiger partial charge on any atom is 0.275 e. The van der Waals surface area contributed by atoms with Crippen LogP contribution in [0.1, 0.15) is 42.1 Å². The molecule has 11 nitrogen and oxygen atoms in total. The smallest absolute Gasteiger partial charge is 0.275 e. The molecule has 1 aliphatic carbocycles. The zero-order chi connectivity index (χ0) is 30.1. The molecule has 0 bridgehead atoms. The van der Waals surface area contributed by atoms with E-state index in [9.17, 15) is 10.1 Å². The summed E-state index contributed by atoms with van der Waals surface area (Å²) in [5, 5.41) is 23.6. The Hall–Kier alpha value is -4.50. The Bertz CT molecular complexity index is 1860. The fourth-order valence-electron chi connectivity index (χ4n) is 5.32. The molecule has 1 saturated carbocycles. The summed E-state index contributed by atoms with van der Waals surface area (Å²) >= 11 is 0. The minimum atomic E-state index is -2.69. The van der Waals surface area contributed by atoms with E-state index in [1.54, 1.807) is 7.05 Å². The van der Waals surface area contributed by atoms with E-state index in [2.05, 4.69) is 36.6 Å². The van der Waals surface area contributed by atoms with E-state index in [1.807, 2.05) is 13.8 Å². The Morgan fingerprint density at radius 3 is 2.87 bits per heavy atom. The summed E-state index contributed by atoms with van der Waals surface area (Å²) in [7, 11) is 1.60. The van der Waals surface area contributed by atoms with E-state index in [-0.39, 0.29) is 51.7 Å². The van der Waals surface area contributed by atoms with Gasteiger partial charge in [0, 0.05) is 47.7 Å². The van der Waals surface area contributed by atoms with Gasteiger partial charge in [-0.2, -0.15) is 15.5 Å². The van der Waals surface area contributed by atoms with Crippen molar-refractivity contribution in [1.29, 1.82) is 5.26 Å². The average molecular weight is 533 g/mol. The van der Waals surface area contributed by atoms with Crippen LogP contribution in [0.3, 0.4) is 0 Å². The van der Waals surface area contributed by atoms with Crippen LogP contribution in [0.15, 0.2) is 23.1 Å². The molecule has 4 N–H and O–H groups in total. The van der Waals surface area contributed by atoms with Crippen molar-refractivity contribution in [2.45, 2.75) is 44.9 Å². The van der Waals surface area contributed by atoms with Gasteiger partial charge in [0.05, 0.1) is 46.5 Å². The fourth-order valence-corrected chi connectivity index (χ4v) is 5.32. The van der Waals surface area contributed by atoms with Gasteiger partial charge in [0.2, 0.25) is 0 Å². The van der Waals surface area contributed by atoms with Gasteiger partial charge in [-0.15, -0.1) is 0 Å². The van der Waals surface area contributed by atoms with Gasteiger partial charge >= 0.3 is 0 Å². The number of pyridine rings is 1. The number of hydrogen-bond donors (Lipinski definition) is 3. The zero-order valence-corrected chi connectivity index (χ0v) is 21.6. The Morgan fingerprint density at radius 1 is 1.41 bits per heavy atom. The predicted octanol–water partition coefficient (Wildman–Crippen LogP) is 3.04. The summed E-state index contributed by atoms with van der Waals surface area (Å²) in [6.07, 6.45) is 3.11. The van der Waals surface area contributed by atoms with E-state index < -0.39 is 24.0 Å². The fraction of sp³-hybridized carbons (Fsp3) is 0.370. The molecule has 6 rings (SSSR count). The highest BCUT2D eigenvalue weighted by Crippen LogP contribution is 2.52. The van der Waals surface area contributed by atoms with Crippen LogP contribution in [0.4, 0.5) is 15.9 Å². The van der Waals surface area contributed by atoms with Crippen molar-refractivity contribution in [3.05, 3.63) is 45.8 Å². The molecule has 4 aromatic rings. The lowest BCUT2D eigenvalue weighted by Crippen LogP contribution is -2.45. The van der Waals surface area contributed by atoms with Crippen LogP contribution in [0.25, 0.3) is 33.3 Å². The first-order chi connectivity index (χ1) is 19.9. The molecule has 1 fully saturated rings. The molecule has 0 atom stereocenters. The Kier molecular flexibility index (Phi) is 4.82. The molecule has 1 spiro atoms. The Labute approximate surface area is 227 Å². The lowest BCUT2D eigenvalue weighted by molar-refractivity contribution is 0.168. The number of aromatic nitrogens is 5. The van der Waals surface area contributed by atoms with Crippen molar-refractivity contribution in [3.8, 4) is 34.3 Å². The summed E-state index contributed by atoms with van der Waals surface area (Å²) in [4.78, 5) is 19.3. The van der Waals surface area contributed by atoms with E-state index in [1.165, 1.54) is 23.0 Å². The third kappa shape index (κ3) is 3.72. The lowest BCUT2D eigenvalue weighted by Gasteiger charge is -2.40. The molecular formula is C27H28FN9O2. The third-order valence-electron chi connectivity index (χ3n) is 7.45. The van der Waals surface area contributed by atoms with Crippen LogP contribution in [-0.2, 0) is 13.6 Å². The highest BCUT2D eigenvalue weighted by Gasteiger charge is 2.51. The molecule has 1 aromatic carbocycles. The molecule has 39 heavy (non-hydrogen) atoms. The number of nitriles is 1. The summed E-state index contributed by atoms with van der Waals surface area (Å²) in [5.74, 6) is -0.567. The largest absolute Gasteiger partial charge is 0.482 e. The second-order valence-corrected chi connectivity index (χ2v) is 10.2. The number of nitrogens with two attached hydrogens (primary N) is 1. The Morgan fingerprint density at radius 2 is 2.21 bits per heavy atom. The van der Waals surface area contributed by atoms with Gasteiger partial charge < -0.3 is 20.7 Å². The van der Waals surface area contributed by atoms with Crippen LogP contribution >= 0.6 is 0 Å². The minimum absolute atomic E-state index is 0.0221. The number of H-pyrrole nitrogens is 1. The van der Waals surface area contributed by atoms with Gasteiger partial charge in [0.15, 0.2) is 5.75 Å². The van der Waals surface area contributed by atoms with Crippen molar-refractivity contribution in [1.82, 2.24) is 25.0 Å². The monoisotopic (exact) mass is 532 g/mol. The Balaban J connectivity index is 1.62. The van der Waals surface area contributed by atoms with Gasteiger partial charge in [-0.1, -0.05) is 0 Å². The highest BCUT2D eigenvalue weighted by atomic mass is 19.1. The standard InChI is InChI=1S/C27H28FN9O2/c1-13(2)37-12-27(5-6-27)39-24-15(9-29)21(17(28)8-20(24)37)23-16(11-32-36(23)4)18-7-14-19(10-30)34-35-26(38)22(14)25(31-3)33-18/h7-8,11,13H,5-6,10,12,30H2,1-4H3,(H,31,33)(H,35,38)/i3D3. The van der Waals surface area contributed by atoms with E-state index >= 15 is 4.39 Å². The first-order valence-electron chi connectivity index (χ1n) is 14.0. The number of halogens is 1. The number of ether oxygens (including phenoxy) is 1. The van der Waals surface area contributed by atoms with Gasteiger partial charge in [0.25, 0.3) is 5.56 Å². The number of nitrogens with one attached hydrogen (secondary N) is 2. The maximum atomic E-state index is 16.2. The van der Waals surface area contributed by atoms with Gasteiger partial charge in [-0.3, -0.25) is 9.48 Å². The molecule has 0 saturated heterocycles. The van der Waals surface area contributed by atoms with Crippen LogP contribution in [0, 0.1) is 17.1 Å².